The maximum atomic E-state index is 12.2. The number of nitrogens with one attached hydrogen (secondary N) is 2. The van der Waals surface area contributed by atoms with Crippen LogP contribution < -0.4 is 20.4 Å². The summed E-state index contributed by atoms with van der Waals surface area (Å²) in [5, 5.41) is 6.79. The van der Waals surface area contributed by atoms with Crippen LogP contribution in [0.25, 0.3) is 0 Å². The van der Waals surface area contributed by atoms with Gasteiger partial charge in [0.25, 0.3) is 0 Å². The molecule has 0 aromatic heterocycles. The molecule has 3 aliphatic heterocycles. The molecule has 3 heterocycles. The molecular formula is C15H17ClN4O2. The number of carbonyl (C=O) groups is 2. The van der Waals surface area contributed by atoms with E-state index < -0.39 is 0 Å². The Kier molecular flexibility index (Phi) is 3.23. The van der Waals surface area contributed by atoms with Crippen LogP contribution in [0.1, 0.15) is 12.8 Å². The normalized spacial score (nSPS) is 24.1. The predicted octanol–water partition coefficient (Wildman–Crippen LogP) is 1.20. The Hall–Kier alpha value is -1.79. The average Bonchev–Trinajstić information content (AvgIpc) is 2.91. The van der Waals surface area contributed by atoms with Crippen molar-refractivity contribution in [3.8, 4) is 0 Å². The molecule has 2 saturated heterocycles. The van der Waals surface area contributed by atoms with Crippen molar-refractivity contribution in [1.29, 1.82) is 0 Å². The molecule has 22 heavy (non-hydrogen) atoms. The summed E-state index contributed by atoms with van der Waals surface area (Å²) in [5.41, 5.74) is 2.32. The highest BCUT2D eigenvalue weighted by molar-refractivity contribution is 6.34. The highest BCUT2D eigenvalue weighted by Crippen LogP contribution is 2.42. The van der Waals surface area contributed by atoms with Gasteiger partial charge in [-0.3, -0.25) is 14.5 Å². The van der Waals surface area contributed by atoms with Crippen molar-refractivity contribution in [2.75, 3.05) is 41.3 Å². The number of amides is 2. The quantitative estimate of drug-likeness (QED) is 0.816. The minimum Gasteiger partial charge on any atom is -0.368 e. The van der Waals surface area contributed by atoms with E-state index in [0.29, 0.717) is 23.6 Å². The fraction of sp³-hybridized carbons (Fsp3) is 0.467. The summed E-state index contributed by atoms with van der Waals surface area (Å²) in [6.45, 7) is 3.58. The van der Waals surface area contributed by atoms with Gasteiger partial charge in [0.2, 0.25) is 11.8 Å². The van der Waals surface area contributed by atoms with Crippen LogP contribution in [0.2, 0.25) is 5.02 Å². The van der Waals surface area contributed by atoms with Crippen LogP contribution >= 0.6 is 11.6 Å². The highest BCUT2D eigenvalue weighted by atomic mass is 35.5. The molecule has 0 unspecified atom stereocenters. The molecule has 0 saturated carbocycles. The van der Waals surface area contributed by atoms with Crippen LogP contribution in [-0.4, -0.2) is 44.0 Å². The highest BCUT2D eigenvalue weighted by Gasteiger charge is 2.42. The lowest BCUT2D eigenvalue weighted by Gasteiger charge is -2.35. The largest absolute Gasteiger partial charge is 0.368 e. The van der Waals surface area contributed by atoms with Crippen LogP contribution in [0.15, 0.2) is 12.1 Å². The number of benzene rings is 1. The average molecular weight is 321 g/mol. The van der Waals surface area contributed by atoms with Crippen molar-refractivity contribution in [3.63, 3.8) is 0 Å². The van der Waals surface area contributed by atoms with Gasteiger partial charge in [0.05, 0.1) is 22.1 Å². The van der Waals surface area contributed by atoms with Gasteiger partial charge in [-0.2, -0.15) is 0 Å². The Balaban J connectivity index is 1.78. The molecule has 1 aromatic rings. The predicted molar refractivity (Wildman–Crippen MR) is 85.7 cm³/mol. The van der Waals surface area contributed by atoms with E-state index in [4.69, 9.17) is 11.6 Å². The molecule has 2 fully saturated rings. The third-order valence-electron chi connectivity index (χ3n) is 4.55. The van der Waals surface area contributed by atoms with Crippen LogP contribution in [0, 0.1) is 0 Å². The first-order valence-electron chi connectivity index (χ1n) is 7.57. The Morgan fingerprint density at radius 1 is 1.14 bits per heavy atom. The van der Waals surface area contributed by atoms with Gasteiger partial charge in [0, 0.05) is 32.6 Å². The monoisotopic (exact) mass is 320 g/mol. The summed E-state index contributed by atoms with van der Waals surface area (Å²) < 4.78 is 0. The fourth-order valence-electron chi connectivity index (χ4n) is 3.45. The van der Waals surface area contributed by atoms with Gasteiger partial charge in [0.1, 0.15) is 6.04 Å². The van der Waals surface area contributed by atoms with Crippen LogP contribution in [-0.2, 0) is 9.59 Å². The fourth-order valence-corrected chi connectivity index (χ4v) is 3.73. The minimum atomic E-state index is -0.378. The molecule has 3 aliphatic rings. The number of carbonyl (C=O) groups excluding carboxylic acids is 2. The lowest BCUT2D eigenvalue weighted by molar-refractivity contribution is -0.120. The first-order valence-corrected chi connectivity index (χ1v) is 7.95. The number of rotatable bonds is 1. The topological polar surface area (TPSA) is 64.7 Å². The molecule has 2 N–H and O–H groups in total. The van der Waals surface area contributed by atoms with E-state index >= 15 is 0 Å². The van der Waals surface area contributed by atoms with Gasteiger partial charge in [0.15, 0.2) is 0 Å². The van der Waals surface area contributed by atoms with Gasteiger partial charge in [-0.05, 0) is 18.6 Å². The lowest BCUT2D eigenvalue weighted by atomic mass is 10.1. The third kappa shape index (κ3) is 2.06. The SMILES string of the molecule is O=C1Nc2cc(Cl)c(N3CCNCC3)cc2N2C(=O)CC[C@@H]12. The van der Waals surface area contributed by atoms with E-state index in [1.165, 1.54) is 0 Å². The third-order valence-corrected chi connectivity index (χ3v) is 4.86. The van der Waals surface area contributed by atoms with E-state index in [2.05, 4.69) is 15.5 Å². The second kappa shape index (κ2) is 5.14. The molecule has 0 aliphatic carbocycles. The summed E-state index contributed by atoms with van der Waals surface area (Å²) >= 11 is 6.40. The van der Waals surface area contributed by atoms with Crippen molar-refractivity contribution in [2.45, 2.75) is 18.9 Å². The summed E-state index contributed by atoms with van der Waals surface area (Å²) in [7, 11) is 0. The molecule has 1 atom stereocenters. The van der Waals surface area contributed by atoms with E-state index in [1.807, 2.05) is 6.07 Å². The van der Waals surface area contributed by atoms with Crippen molar-refractivity contribution >= 4 is 40.5 Å². The molecule has 116 valence electrons. The first-order chi connectivity index (χ1) is 10.6. The Bertz CT molecular complexity index is 657. The van der Waals surface area contributed by atoms with Gasteiger partial charge < -0.3 is 15.5 Å². The van der Waals surface area contributed by atoms with Crippen molar-refractivity contribution in [3.05, 3.63) is 17.2 Å². The van der Waals surface area contributed by atoms with E-state index in [1.54, 1.807) is 11.0 Å². The van der Waals surface area contributed by atoms with E-state index in [-0.39, 0.29) is 17.9 Å². The number of piperazine rings is 1. The summed E-state index contributed by atoms with van der Waals surface area (Å²) in [6.07, 6.45) is 0.999. The number of nitrogens with zero attached hydrogens (tertiary/aromatic N) is 2. The molecule has 4 rings (SSSR count). The standard InChI is InChI=1S/C15H17ClN4O2/c16-9-7-10-13(8-12(9)19-5-3-17-4-6-19)20-11(15(22)18-10)1-2-14(20)21/h7-8,11,17H,1-6H2,(H,18,22)/t11-/m0/s1. The number of fused-ring (bicyclic) bond motifs is 3. The van der Waals surface area contributed by atoms with Crippen molar-refractivity contribution < 1.29 is 9.59 Å². The molecule has 0 bridgehead atoms. The van der Waals surface area contributed by atoms with E-state index in [9.17, 15) is 9.59 Å². The second-order valence-electron chi connectivity index (χ2n) is 5.87. The zero-order chi connectivity index (χ0) is 15.3. The number of anilines is 3. The van der Waals surface area contributed by atoms with Gasteiger partial charge in [-0.25, -0.2) is 0 Å². The molecule has 1 aromatic carbocycles. The maximum absolute atomic E-state index is 12.2. The van der Waals surface area contributed by atoms with Crippen LogP contribution in [0.3, 0.4) is 0 Å². The molecule has 2 amide bonds. The van der Waals surface area contributed by atoms with Crippen molar-refractivity contribution in [2.24, 2.45) is 0 Å². The van der Waals surface area contributed by atoms with Crippen LogP contribution in [0.5, 0.6) is 0 Å². The minimum absolute atomic E-state index is 0.00897. The van der Waals surface area contributed by atoms with E-state index in [0.717, 1.165) is 37.6 Å². The summed E-state index contributed by atoms with van der Waals surface area (Å²) in [5.74, 6) is -0.112. The molecule has 0 radical (unpaired) electrons. The number of hydrogen-bond donors (Lipinski definition) is 2. The molecule has 6 nitrogen and oxygen atoms in total. The number of hydrogen-bond acceptors (Lipinski definition) is 4. The molecule has 7 heteroatoms. The summed E-state index contributed by atoms with van der Waals surface area (Å²) in [6, 6.07) is 3.32. The first kappa shape index (κ1) is 13.8. The molecular weight excluding hydrogens is 304 g/mol. The van der Waals surface area contributed by atoms with Gasteiger partial charge in [-0.15, -0.1) is 0 Å². The van der Waals surface area contributed by atoms with Crippen LogP contribution in [0.4, 0.5) is 17.1 Å². The smallest absolute Gasteiger partial charge is 0.247 e. The second-order valence-corrected chi connectivity index (χ2v) is 6.27. The van der Waals surface area contributed by atoms with Gasteiger partial charge in [-0.1, -0.05) is 11.6 Å². The summed E-state index contributed by atoms with van der Waals surface area (Å²) in [4.78, 5) is 28.1. The molecule has 0 spiro atoms. The Morgan fingerprint density at radius 2 is 1.91 bits per heavy atom. The Morgan fingerprint density at radius 3 is 2.68 bits per heavy atom. The Labute approximate surface area is 133 Å². The zero-order valence-electron chi connectivity index (χ0n) is 12.1. The maximum Gasteiger partial charge on any atom is 0.247 e. The van der Waals surface area contributed by atoms with Gasteiger partial charge >= 0.3 is 0 Å². The zero-order valence-corrected chi connectivity index (χ0v) is 12.8. The van der Waals surface area contributed by atoms with Crippen molar-refractivity contribution in [1.82, 2.24) is 5.32 Å². The lowest BCUT2D eigenvalue weighted by Crippen LogP contribution is -2.46. The number of halogens is 1.